The van der Waals surface area contributed by atoms with Crippen LogP contribution in [-0.2, 0) is 19.1 Å². The Morgan fingerprint density at radius 2 is 1.73 bits per heavy atom. The number of hydrogen-bond acceptors (Lipinski definition) is 8. The third kappa shape index (κ3) is 3.99. The van der Waals surface area contributed by atoms with Crippen LogP contribution in [0, 0.1) is 17.1 Å². The van der Waals surface area contributed by atoms with Crippen LogP contribution in [0.4, 0.5) is 10.1 Å². The number of benzene rings is 2. The largest absolute Gasteiger partial charge is 0.478 e. The number of nitrogens with zero attached hydrogens (tertiary/aromatic N) is 2. The van der Waals surface area contributed by atoms with Crippen molar-refractivity contribution in [2.45, 2.75) is 5.92 Å². The van der Waals surface area contributed by atoms with Crippen molar-refractivity contribution < 1.29 is 33.4 Å². The molecule has 2 aromatic rings. The summed E-state index contributed by atoms with van der Waals surface area (Å²) in [6, 6.07) is 13.2. The fourth-order valence-corrected chi connectivity index (χ4v) is 3.58. The number of allylic oxidation sites excluding steroid dienone is 1. The Labute approximate surface area is 187 Å². The number of rotatable bonds is 5. The Morgan fingerprint density at radius 3 is 2.24 bits per heavy atom. The van der Waals surface area contributed by atoms with Gasteiger partial charge in [-0.1, -0.05) is 30.3 Å². The second-order valence-electron chi connectivity index (χ2n) is 6.81. The second-order valence-corrected chi connectivity index (χ2v) is 6.81. The van der Waals surface area contributed by atoms with E-state index >= 15 is 4.39 Å². The van der Waals surface area contributed by atoms with Crippen LogP contribution in [0.2, 0.25) is 0 Å². The number of halogens is 1. The molecule has 0 aromatic heterocycles. The first-order chi connectivity index (χ1) is 15.8. The molecule has 9 nitrogen and oxygen atoms in total. The van der Waals surface area contributed by atoms with Crippen molar-refractivity contribution in [1.82, 2.24) is 0 Å². The zero-order chi connectivity index (χ0) is 24.3. The predicted octanol–water partition coefficient (Wildman–Crippen LogP) is 2.42. The molecule has 10 heteroatoms. The van der Waals surface area contributed by atoms with Crippen LogP contribution in [0.3, 0.4) is 0 Å². The molecule has 0 radical (unpaired) electrons. The summed E-state index contributed by atoms with van der Waals surface area (Å²) in [6.07, 6.45) is 0. The lowest BCUT2D eigenvalue weighted by atomic mass is 9.81. The van der Waals surface area contributed by atoms with Crippen molar-refractivity contribution in [2.24, 2.45) is 5.73 Å². The Hall–Kier alpha value is -4.65. The van der Waals surface area contributed by atoms with E-state index in [4.69, 9.17) is 20.3 Å². The first-order valence-electron chi connectivity index (χ1n) is 9.45. The number of carboxylic acid groups (broad SMARTS) is 1. The first-order valence-corrected chi connectivity index (χ1v) is 9.45. The fourth-order valence-electron chi connectivity index (χ4n) is 3.58. The number of esters is 2. The number of aromatic carboxylic acids is 1. The molecule has 0 saturated heterocycles. The highest BCUT2D eigenvalue weighted by Crippen LogP contribution is 2.43. The van der Waals surface area contributed by atoms with Gasteiger partial charge in [0.15, 0.2) is 0 Å². The number of carboxylic acids is 1. The molecule has 0 amide bonds. The number of carbonyl (C=O) groups is 3. The minimum atomic E-state index is -1.37. The van der Waals surface area contributed by atoms with Crippen molar-refractivity contribution in [3.05, 3.63) is 88.1 Å². The normalized spacial score (nSPS) is 15.7. The number of methoxy groups -OCH3 is 2. The average Bonchev–Trinajstić information content (AvgIpc) is 2.82. The predicted molar refractivity (Wildman–Crippen MR) is 113 cm³/mol. The maximum Gasteiger partial charge on any atom is 0.355 e. The molecule has 0 aliphatic carbocycles. The van der Waals surface area contributed by atoms with Crippen molar-refractivity contribution in [2.75, 3.05) is 19.1 Å². The summed E-state index contributed by atoms with van der Waals surface area (Å²) in [5.41, 5.74) is 5.10. The van der Waals surface area contributed by atoms with Crippen LogP contribution in [0.5, 0.6) is 0 Å². The maximum absolute atomic E-state index is 15.0. The molecule has 2 aromatic carbocycles. The van der Waals surface area contributed by atoms with E-state index in [2.05, 4.69) is 0 Å². The third-order valence-electron chi connectivity index (χ3n) is 5.05. The zero-order valence-corrected chi connectivity index (χ0v) is 17.5. The van der Waals surface area contributed by atoms with E-state index in [1.165, 1.54) is 0 Å². The van der Waals surface area contributed by atoms with Crippen LogP contribution in [0.25, 0.3) is 0 Å². The molecular formula is C23H18FN3O6. The van der Waals surface area contributed by atoms with E-state index in [1.807, 2.05) is 6.07 Å². The van der Waals surface area contributed by atoms with Crippen LogP contribution in [-0.4, -0.2) is 37.2 Å². The number of ether oxygens (including phenoxy) is 2. The Bertz CT molecular complexity index is 1250. The number of hydrogen-bond donors (Lipinski definition) is 2. The molecule has 0 saturated carbocycles. The average molecular weight is 451 g/mol. The molecule has 33 heavy (non-hydrogen) atoms. The smallest absolute Gasteiger partial charge is 0.355 e. The molecule has 1 aliphatic rings. The molecule has 0 bridgehead atoms. The highest BCUT2D eigenvalue weighted by Gasteiger charge is 2.43. The SMILES string of the molecule is COC(=O)C1=C(C(=O)OC)N(c2ccc(C(=O)O)cc2F)C(N)=C(C#N)C1c1ccccc1. The first kappa shape index (κ1) is 23.0. The van der Waals surface area contributed by atoms with Crippen molar-refractivity contribution in [3.8, 4) is 6.07 Å². The summed E-state index contributed by atoms with van der Waals surface area (Å²) < 4.78 is 24.7. The Balaban J connectivity index is 2.41. The van der Waals surface area contributed by atoms with Crippen LogP contribution >= 0.6 is 0 Å². The fraction of sp³-hybridized carbons (Fsp3) is 0.130. The maximum atomic E-state index is 15.0. The zero-order valence-electron chi connectivity index (χ0n) is 17.5. The Kier molecular flexibility index (Phi) is 6.44. The van der Waals surface area contributed by atoms with Gasteiger partial charge < -0.3 is 20.3 Å². The number of nitrogens with two attached hydrogens (primary N) is 1. The topological polar surface area (TPSA) is 143 Å². The van der Waals surface area contributed by atoms with Crippen molar-refractivity contribution >= 4 is 23.6 Å². The molecule has 1 heterocycles. The van der Waals surface area contributed by atoms with Gasteiger partial charge in [-0.25, -0.2) is 18.8 Å². The second kappa shape index (κ2) is 9.23. The lowest BCUT2D eigenvalue weighted by molar-refractivity contribution is -0.139. The standard InChI is InChI=1S/C23H18FN3O6/c1-32-22(30)18-17(12-6-4-3-5-7-12)14(11-25)20(26)27(19(18)23(31)33-2)16-9-8-13(21(28)29)10-15(16)24/h3-10,17H,26H2,1-2H3,(H,28,29). The molecule has 168 valence electrons. The van der Waals surface area contributed by atoms with Gasteiger partial charge in [-0.3, -0.25) is 4.90 Å². The summed E-state index contributed by atoms with van der Waals surface area (Å²) in [4.78, 5) is 37.8. The highest BCUT2D eigenvalue weighted by molar-refractivity contribution is 6.06. The monoisotopic (exact) mass is 451 g/mol. The van der Waals surface area contributed by atoms with Gasteiger partial charge in [-0.2, -0.15) is 5.26 Å². The number of anilines is 1. The quantitative estimate of drug-likeness (QED) is 0.655. The number of carbonyl (C=O) groups excluding carboxylic acids is 2. The van der Waals surface area contributed by atoms with Gasteiger partial charge in [0, 0.05) is 0 Å². The summed E-state index contributed by atoms with van der Waals surface area (Å²) in [5.74, 6) is -5.87. The van der Waals surface area contributed by atoms with Gasteiger partial charge >= 0.3 is 17.9 Å². The van der Waals surface area contributed by atoms with Crippen LogP contribution < -0.4 is 10.6 Å². The molecule has 0 spiro atoms. The van der Waals surface area contributed by atoms with E-state index in [0.29, 0.717) is 5.56 Å². The third-order valence-corrected chi connectivity index (χ3v) is 5.05. The van der Waals surface area contributed by atoms with Gasteiger partial charge in [-0.15, -0.1) is 0 Å². The minimum absolute atomic E-state index is 0.143. The summed E-state index contributed by atoms with van der Waals surface area (Å²) in [7, 11) is 2.15. The van der Waals surface area contributed by atoms with E-state index in [1.54, 1.807) is 30.3 Å². The Morgan fingerprint density at radius 1 is 1.09 bits per heavy atom. The van der Waals surface area contributed by atoms with Gasteiger partial charge in [0.25, 0.3) is 0 Å². The highest BCUT2D eigenvalue weighted by atomic mass is 19.1. The molecule has 0 fully saturated rings. The van der Waals surface area contributed by atoms with E-state index in [-0.39, 0.29) is 28.2 Å². The molecule has 3 N–H and O–H groups in total. The summed E-state index contributed by atoms with van der Waals surface area (Å²) in [5, 5.41) is 19.0. The number of nitriles is 1. The van der Waals surface area contributed by atoms with Crippen LogP contribution in [0.1, 0.15) is 21.8 Å². The van der Waals surface area contributed by atoms with E-state index in [0.717, 1.165) is 37.3 Å². The van der Waals surface area contributed by atoms with E-state index < -0.39 is 35.3 Å². The molecule has 1 atom stereocenters. The lowest BCUT2D eigenvalue weighted by Crippen LogP contribution is -2.41. The van der Waals surface area contributed by atoms with Gasteiger partial charge in [0.2, 0.25) is 0 Å². The molecule has 3 rings (SSSR count). The lowest BCUT2D eigenvalue weighted by Gasteiger charge is -2.36. The summed E-state index contributed by atoms with van der Waals surface area (Å²) >= 11 is 0. The molecular weight excluding hydrogens is 433 g/mol. The van der Waals surface area contributed by atoms with Gasteiger partial charge in [0.05, 0.1) is 48.6 Å². The van der Waals surface area contributed by atoms with Crippen molar-refractivity contribution in [3.63, 3.8) is 0 Å². The molecule has 1 aliphatic heterocycles. The van der Waals surface area contributed by atoms with Gasteiger partial charge in [-0.05, 0) is 23.8 Å². The minimum Gasteiger partial charge on any atom is -0.478 e. The van der Waals surface area contributed by atoms with Crippen molar-refractivity contribution in [1.29, 1.82) is 5.26 Å². The van der Waals surface area contributed by atoms with E-state index in [9.17, 15) is 19.6 Å². The summed E-state index contributed by atoms with van der Waals surface area (Å²) in [6.45, 7) is 0. The van der Waals surface area contributed by atoms with Crippen LogP contribution in [0.15, 0.2) is 71.2 Å². The van der Waals surface area contributed by atoms with Gasteiger partial charge in [0.1, 0.15) is 17.3 Å². The molecule has 1 unspecified atom stereocenters.